The summed E-state index contributed by atoms with van der Waals surface area (Å²) < 4.78 is 10.6. The zero-order chi connectivity index (χ0) is 8.43. The summed E-state index contributed by atoms with van der Waals surface area (Å²) in [6.07, 6.45) is -0.523. The molecule has 1 N–H and O–H groups in total. The van der Waals surface area contributed by atoms with Gasteiger partial charge in [-0.05, 0) is 20.8 Å². The van der Waals surface area contributed by atoms with Gasteiger partial charge in [0.25, 0.3) is 0 Å². The summed E-state index contributed by atoms with van der Waals surface area (Å²) in [5, 5.41) is 9.46. The van der Waals surface area contributed by atoms with E-state index in [9.17, 15) is 5.11 Å². The topological polar surface area (TPSA) is 38.7 Å². The van der Waals surface area contributed by atoms with Crippen LogP contribution in [0.25, 0.3) is 0 Å². The van der Waals surface area contributed by atoms with Gasteiger partial charge in [0.1, 0.15) is 12.2 Å². The monoisotopic (exact) mass is 160 g/mol. The molecule has 0 saturated carbocycles. The molecule has 1 aliphatic rings. The summed E-state index contributed by atoms with van der Waals surface area (Å²) in [5.41, 5.74) is 0. The van der Waals surface area contributed by atoms with Crippen LogP contribution in [0.1, 0.15) is 20.8 Å². The van der Waals surface area contributed by atoms with Gasteiger partial charge < -0.3 is 14.6 Å². The number of hydrogen-bond donors (Lipinski definition) is 1. The lowest BCUT2D eigenvalue weighted by Gasteiger charge is -2.17. The first kappa shape index (κ1) is 8.97. The van der Waals surface area contributed by atoms with Gasteiger partial charge in [-0.1, -0.05) is 0 Å². The highest BCUT2D eigenvalue weighted by molar-refractivity contribution is 4.81. The Bertz CT molecular complexity index is 125. The fraction of sp³-hybridized carbons (Fsp3) is 1.00. The minimum absolute atomic E-state index is 0.0845. The van der Waals surface area contributed by atoms with E-state index in [4.69, 9.17) is 9.47 Å². The molecule has 0 unspecified atom stereocenters. The second kappa shape index (κ2) is 3.52. The number of rotatable bonds is 2. The van der Waals surface area contributed by atoms with Gasteiger partial charge in [0.15, 0.2) is 0 Å². The van der Waals surface area contributed by atoms with Crippen molar-refractivity contribution in [2.45, 2.75) is 45.2 Å². The normalized spacial score (nSPS) is 38.5. The Kier molecular flexibility index (Phi) is 2.87. The van der Waals surface area contributed by atoms with E-state index in [1.54, 1.807) is 0 Å². The predicted molar refractivity (Wildman–Crippen MR) is 41.4 cm³/mol. The Morgan fingerprint density at radius 2 is 2.18 bits per heavy atom. The highest BCUT2D eigenvalue weighted by atomic mass is 16.6. The average Bonchev–Trinajstić information content (AvgIpc) is 2.18. The van der Waals surface area contributed by atoms with E-state index in [2.05, 4.69) is 0 Å². The molecule has 0 spiro atoms. The predicted octanol–water partition coefficient (Wildman–Crippen LogP) is 0.560. The third kappa shape index (κ3) is 2.15. The van der Waals surface area contributed by atoms with Crippen molar-refractivity contribution >= 4 is 0 Å². The first-order valence-corrected chi connectivity index (χ1v) is 4.06. The Labute approximate surface area is 67.3 Å². The van der Waals surface area contributed by atoms with E-state index < -0.39 is 6.10 Å². The zero-order valence-electron chi connectivity index (χ0n) is 7.28. The first-order valence-electron chi connectivity index (χ1n) is 4.06. The van der Waals surface area contributed by atoms with Crippen LogP contribution < -0.4 is 0 Å². The van der Waals surface area contributed by atoms with Crippen LogP contribution in [0.5, 0.6) is 0 Å². The SMILES string of the molecule is CC(C)O[C@@H]1CO[C@@H](C)[C@@H]1O. The van der Waals surface area contributed by atoms with E-state index in [0.717, 1.165) is 0 Å². The molecule has 11 heavy (non-hydrogen) atoms. The van der Waals surface area contributed by atoms with E-state index in [1.807, 2.05) is 20.8 Å². The zero-order valence-corrected chi connectivity index (χ0v) is 7.28. The maximum absolute atomic E-state index is 9.46. The molecule has 3 nitrogen and oxygen atoms in total. The van der Waals surface area contributed by atoms with Crippen molar-refractivity contribution in [3.05, 3.63) is 0 Å². The van der Waals surface area contributed by atoms with E-state index >= 15 is 0 Å². The molecular formula is C8H16O3. The minimum atomic E-state index is -0.461. The molecule has 0 aromatic rings. The van der Waals surface area contributed by atoms with Gasteiger partial charge in [-0.25, -0.2) is 0 Å². The Balaban J connectivity index is 2.36. The van der Waals surface area contributed by atoms with E-state index in [0.29, 0.717) is 6.61 Å². The molecule has 1 saturated heterocycles. The summed E-state index contributed by atoms with van der Waals surface area (Å²) in [7, 11) is 0. The number of hydrogen-bond acceptors (Lipinski definition) is 3. The Morgan fingerprint density at radius 3 is 2.55 bits per heavy atom. The smallest absolute Gasteiger partial charge is 0.110 e. The lowest BCUT2D eigenvalue weighted by atomic mass is 10.2. The van der Waals surface area contributed by atoms with Crippen LogP contribution in [0.15, 0.2) is 0 Å². The number of ether oxygens (including phenoxy) is 2. The summed E-state index contributed by atoms with van der Waals surface area (Å²) in [5.74, 6) is 0. The maximum atomic E-state index is 9.46. The maximum Gasteiger partial charge on any atom is 0.110 e. The van der Waals surface area contributed by atoms with Gasteiger partial charge >= 0.3 is 0 Å². The fourth-order valence-corrected chi connectivity index (χ4v) is 1.22. The van der Waals surface area contributed by atoms with Gasteiger partial charge in [-0.3, -0.25) is 0 Å². The molecule has 0 aromatic heterocycles. The summed E-state index contributed by atoms with van der Waals surface area (Å²) in [6, 6.07) is 0. The highest BCUT2D eigenvalue weighted by Gasteiger charge is 2.33. The molecule has 1 heterocycles. The molecule has 3 atom stereocenters. The molecule has 1 fully saturated rings. The molecule has 0 aliphatic carbocycles. The lowest BCUT2D eigenvalue weighted by Crippen LogP contribution is -2.32. The van der Waals surface area contributed by atoms with Gasteiger partial charge in [0, 0.05) is 0 Å². The van der Waals surface area contributed by atoms with Gasteiger partial charge in [0.2, 0.25) is 0 Å². The molecular weight excluding hydrogens is 144 g/mol. The van der Waals surface area contributed by atoms with Crippen LogP contribution in [-0.4, -0.2) is 36.1 Å². The molecule has 0 radical (unpaired) electrons. The van der Waals surface area contributed by atoms with Gasteiger partial charge in [0.05, 0.1) is 18.8 Å². The Morgan fingerprint density at radius 1 is 1.55 bits per heavy atom. The van der Waals surface area contributed by atoms with Crippen LogP contribution in [0, 0.1) is 0 Å². The molecule has 0 aromatic carbocycles. The van der Waals surface area contributed by atoms with Crippen molar-refractivity contribution < 1.29 is 14.6 Å². The quantitative estimate of drug-likeness (QED) is 0.641. The second-order valence-electron chi connectivity index (χ2n) is 3.25. The third-order valence-electron chi connectivity index (χ3n) is 1.83. The molecule has 0 amide bonds. The van der Waals surface area contributed by atoms with Gasteiger partial charge in [-0.15, -0.1) is 0 Å². The standard InChI is InChI=1S/C8H16O3/c1-5(2)11-7-4-10-6(3)8(7)9/h5-9H,4H2,1-3H3/t6-,7+,8-/m0/s1. The van der Waals surface area contributed by atoms with E-state index in [1.165, 1.54) is 0 Å². The molecule has 1 rings (SSSR count). The van der Waals surface area contributed by atoms with Crippen LogP contribution in [0.4, 0.5) is 0 Å². The molecule has 66 valence electrons. The van der Waals surface area contributed by atoms with Crippen LogP contribution in [0.3, 0.4) is 0 Å². The van der Waals surface area contributed by atoms with Crippen molar-refractivity contribution in [2.75, 3.05) is 6.61 Å². The number of aliphatic hydroxyl groups is 1. The average molecular weight is 160 g/mol. The third-order valence-corrected chi connectivity index (χ3v) is 1.83. The Hall–Kier alpha value is -0.120. The summed E-state index contributed by atoms with van der Waals surface area (Å²) in [4.78, 5) is 0. The molecule has 0 bridgehead atoms. The van der Waals surface area contributed by atoms with Crippen molar-refractivity contribution in [1.29, 1.82) is 0 Å². The first-order chi connectivity index (χ1) is 5.11. The number of aliphatic hydroxyl groups excluding tert-OH is 1. The minimum Gasteiger partial charge on any atom is -0.388 e. The summed E-state index contributed by atoms with van der Waals surface area (Å²) >= 11 is 0. The van der Waals surface area contributed by atoms with Crippen molar-refractivity contribution in [3.8, 4) is 0 Å². The van der Waals surface area contributed by atoms with Crippen molar-refractivity contribution in [1.82, 2.24) is 0 Å². The molecule has 3 heteroatoms. The van der Waals surface area contributed by atoms with Crippen molar-refractivity contribution in [3.63, 3.8) is 0 Å². The van der Waals surface area contributed by atoms with Crippen molar-refractivity contribution in [2.24, 2.45) is 0 Å². The largest absolute Gasteiger partial charge is 0.388 e. The van der Waals surface area contributed by atoms with Crippen LogP contribution >= 0.6 is 0 Å². The van der Waals surface area contributed by atoms with Crippen LogP contribution in [-0.2, 0) is 9.47 Å². The fourth-order valence-electron chi connectivity index (χ4n) is 1.22. The lowest BCUT2D eigenvalue weighted by molar-refractivity contribution is -0.0449. The molecule has 1 aliphatic heterocycles. The highest BCUT2D eigenvalue weighted by Crippen LogP contribution is 2.17. The van der Waals surface area contributed by atoms with E-state index in [-0.39, 0.29) is 18.3 Å². The van der Waals surface area contributed by atoms with Crippen LogP contribution in [0.2, 0.25) is 0 Å². The second-order valence-corrected chi connectivity index (χ2v) is 3.25. The summed E-state index contributed by atoms with van der Waals surface area (Å²) in [6.45, 7) is 6.28. The van der Waals surface area contributed by atoms with Gasteiger partial charge in [-0.2, -0.15) is 0 Å².